The van der Waals surface area contributed by atoms with E-state index in [1.54, 1.807) is 0 Å². The van der Waals surface area contributed by atoms with Crippen LogP contribution < -0.4 is 15.5 Å². The Kier molecular flexibility index (Phi) is 5.84. The first-order valence-corrected chi connectivity index (χ1v) is 9.88. The minimum atomic E-state index is 0.0376. The Morgan fingerprint density at radius 1 is 1.00 bits per heavy atom. The second-order valence-corrected chi connectivity index (χ2v) is 8.08. The van der Waals surface area contributed by atoms with Crippen LogP contribution in [0.3, 0.4) is 0 Å². The maximum absolute atomic E-state index is 12.6. The van der Waals surface area contributed by atoms with Crippen molar-refractivity contribution in [3.8, 4) is 0 Å². The van der Waals surface area contributed by atoms with Gasteiger partial charge < -0.3 is 15.5 Å². The summed E-state index contributed by atoms with van der Waals surface area (Å²) in [6.07, 6.45) is 5.54. The molecule has 0 bridgehead atoms. The van der Waals surface area contributed by atoms with E-state index in [1.807, 2.05) is 18.2 Å². The van der Waals surface area contributed by atoms with Crippen molar-refractivity contribution >= 4 is 23.2 Å². The number of benzene rings is 1. The second kappa shape index (κ2) is 8.11. The molecule has 142 valence electrons. The maximum Gasteiger partial charge on any atom is 0.227 e. The molecule has 5 heteroatoms. The van der Waals surface area contributed by atoms with E-state index < -0.39 is 0 Å². The van der Waals surface area contributed by atoms with E-state index in [0.717, 1.165) is 49.9 Å². The average Bonchev–Trinajstić information content (AvgIpc) is 3.47. The zero-order chi connectivity index (χ0) is 18.7. The highest BCUT2D eigenvalue weighted by Gasteiger charge is 2.33. The van der Waals surface area contributed by atoms with Crippen LogP contribution in [-0.4, -0.2) is 30.9 Å². The first kappa shape index (κ1) is 18.7. The van der Waals surface area contributed by atoms with Gasteiger partial charge >= 0.3 is 0 Å². The van der Waals surface area contributed by atoms with Gasteiger partial charge in [-0.1, -0.05) is 6.07 Å². The fraction of sp³-hybridized carbons (Fsp3) is 0.619. The van der Waals surface area contributed by atoms with Crippen LogP contribution in [0.5, 0.6) is 0 Å². The molecular formula is C21H31N3O2. The normalized spacial score (nSPS) is 22.8. The Bertz CT molecular complexity index is 646. The summed E-state index contributed by atoms with van der Waals surface area (Å²) >= 11 is 0. The standard InChI is InChI=1S/C21H31N3O2/c1-14(2)24(3)19-6-4-5-18(13-19)23-21(26)16-9-11-17(12-10-16)22-20(25)15-7-8-15/h4-6,13-17H,7-12H2,1-3H3,(H,22,25)(H,23,26). The zero-order valence-corrected chi connectivity index (χ0v) is 16.1. The number of anilines is 2. The molecule has 2 saturated carbocycles. The number of hydrogen-bond donors (Lipinski definition) is 2. The summed E-state index contributed by atoms with van der Waals surface area (Å²) < 4.78 is 0. The molecule has 0 unspecified atom stereocenters. The highest BCUT2D eigenvalue weighted by Crippen LogP contribution is 2.31. The van der Waals surface area contributed by atoms with E-state index >= 15 is 0 Å². The minimum absolute atomic E-state index is 0.0376. The average molecular weight is 357 g/mol. The lowest BCUT2D eigenvalue weighted by molar-refractivity contribution is -0.123. The van der Waals surface area contributed by atoms with Gasteiger partial charge in [0.15, 0.2) is 0 Å². The molecule has 0 heterocycles. The van der Waals surface area contributed by atoms with Crippen LogP contribution in [0.1, 0.15) is 52.4 Å². The Hall–Kier alpha value is -2.04. The lowest BCUT2D eigenvalue weighted by Crippen LogP contribution is -2.40. The maximum atomic E-state index is 12.6. The third kappa shape index (κ3) is 4.77. The van der Waals surface area contributed by atoms with Crippen LogP contribution in [-0.2, 0) is 9.59 Å². The number of nitrogens with zero attached hydrogens (tertiary/aromatic N) is 1. The number of carbonyl (C=O) groups is 2. The molecule has 2 amide bonds. The molecule has 0 saturated heterocycles. The van der Waals surface area contributed by atoms with Gasteiger partial charge in [-0.3, -0.25) is 9.59 Å². The second-order valence-electron chi connectivity index (χ2n) is 8.08. The molecule has 0 atom stereocenters. The molecule has 2 N–H and O–H groups in total. The topological polar surface area (TPSA) is 61.4 Å². The van der Waals surface area contributed by atoms with Gasteiger partial charge in [0, 0.05) is 42.3 Å². The lowest BCUT2D eigenvalue weighted by atomic mass is 9.85. The van der Waals surface area contributed by atoms with Crippen molar-refractivity contribution in [1.82, 2.24) is 5.32 Å². The molecule has 26 heavy (non-hydrogen) atoms. The van der Waals surface area contributed by atoms with Gasteiger partial charge in [-0.05, 0) is 70.6 Å². The van der Waals surface area contributed by atoms with Gasteiger partial charge in [-0.2, -0.15) is 0 Å². The summed E-state index contributed by atoms with van der Waals surface area (Å²) in [5.41, 5.74) is 1.95. The first-order chi connectivity index (χ1) is 12.4. The molecule has 0 aromatic heterocycles. The van der Waals surface area contributed by atoms with E-state index in [2.05, 4.69) is 42.5 Å². The van der Waals surface area contributed by atoms with Crippen LogP contribution in [0, 0.1) is 11.8 Å². The molecule has 3 rings (SSSR count). The van der Waals surface area contributed by atoms with Crippen LogP contribution in [0.15, 0.2) is 24.3 Å². The van der Waals surface area contributed by atoms with Crippen molar-refractivity contribution in [2.24, 2.45) is 11.8 Å². The third-order valence-corrected chi connectivity index (χ3v) is 5.69. The van der Waals surface area contributed by atoms with Crippen molar-refractivity contribution < 1.29 is 9.59 Å². The number of carbonyl (C=O) groups excluding carboxylic acids is 2. The predicted octanol–water partition coefficient (Wildman–Crippen LogP) is 3.55. The van der Waals surface area contributed by atoms with E-state index in [9.17, 15) is 9.59 Å². The van der Waals surface area contributed by atoms with E-state index in [-0.39, 0.29) is 29.7 Å². The molecular weight excluding hydrogens is 326 g/mol. The monoisotopic (exact) mass is 357 g/mol. The molecule has 0 radical (unpaired) electrons. The zero-order valence-electron chi connectivity index (χ0n) is 16.1. The minimum Gasteiger partial charge on any atom is -0.372 e. The van der Waals surface area contributed by atoms with Gasteiger partial charge in [-0.25, -0.2) is 0 Å². The Morgan fingerprint density at radius 2 is 1.62 bits per heavy atom. The Balaban J connectivity index is 1.49. The largest absolute Gasteiger partial charge is 0.372 e. The molecule has 2 aliphatic carbocycles. The van der Waals surface area contributed by atoms with Crippen LogP contribution in [0.25, 0.3) is 0 Å². The smallest absolute Gasteiger partial charge is 0.227 e. The van der Waals surface area contributed by atoms with Crippen molar-refractivity contribution in [3.63, 3.8) is 0 Å². The fourth-order valence-electron chi connectivity index (χ4n) is 3.51. The quantitative estimate of drug-likeness (QED) is 0.818. The molecule has 5 nitrogen and oxygen atoms in total. The molecule has 1 aromatic rings. The fourth-order valence-corrected chi connectivity index (χ4v) is 3.51. The highest BCUT2D eigenvalue weighted by atomic mass is 16.2. The number of rotatable bonds is 6. The Morgan fingerprint density at radius 3 is 2.23 bits per heavy atom. The van der Waals surface area contributed by atoms with Crippen LogP contribution in [0.4, 0.5) is 11.4 Å². The van der Waals surface area contributed by atoms with Gasteiger partial charge in [0.25, 0.3) is 0 Å². The van der Waals surface area contributed by atoms with E-state index in [1.165, 1.54) is 0 Å². The van der Waals surface area contributed by atoms with Crippen LogP contribution >= 0.6 is 0 Å². The summed E-state index contributed by atoms with van der Waals surface area (Å²) in [6.45, 7) is 4.29. The highest BCUT2D eigenvalue weighted by molar-refractivity contribution is 5.93. The first-order valence-electron chi connectivity index (χ1n) is 9.88. The van der Waals surface area contributed by atoms with Crippen LogP contribution in [0.2, 0.25) is 0 Å². The SMILES string of the molecule is CC(C)N(C)c1cccc(NC(=O)C2CCC(NC(=O)C3CC3)CC2)c1. The summed E-state index contributed by atoms with van der Waals surface area (Å²) in [7, 11) is 2.06. The summed E-state index contributed by atoms with van der Waals surface area (Å²) in [6, 6.07) is 8.66. The molecule has 0 aliphatic heterocycles. The molecule has 2 aliphatic rings. The van der Waals surface area contributed by atoms with Gasteiger partial charge in [0.2, 0.25) is 11.8 Å². The number of amides is 2. The number of hydrogen-bond acceptors (Lipinski definition) is 3. The predicted molar refractivity (Wildman–Crippen MR) is 105 cm³/mol. The van der Waals surface area contributed by atoms with Crippen molar-refractivity contribution in [3.05, 3.63) is 24.3 Å². The number of nitrogens with one attached hydrogen (secondary N) is 2. The van der Waals surface area contributed by atoms with Gasteiger partial charge in [0.05, 0.1) is 0 Å². The third-order valence-electron chi connectivity index (χ3n) is 5.69. The summed E-state index contributed by atoms with van der Waals surface area (Å²) in [5.74, 6) is 0.605. The van der Waals surface area contributed by atoms with E-state index in [0.29, 0.717) is 6.04 Å². The molecule has 1 aromatic carbocycles. The summed E-state index contributed by atoms with van der Waals surface area (Å²) in [5, 5.41) is 6.22. The van der Waals surface area contributed by atoms with Crippen molar-refractivity contribution in [2.45, 2.75) is 64.5 Å². The van der Waals surface area contributed by atoms with E-state index in [4.69, 9.17) is 0 Å². The van der Waals surface area contributed by atoms with Gasteiger partial charge in [-0.15, -0.1) is 0 Å². The Labute approximate surface area is 156 Å². The molecule has 0 spiro atoms. The molecule has 2 fully saturated rings. The summed E-state index contributed by atoms with van der Waals surface area (Å²) in [4.78, 5) is 26.7. The van der Waals surface area contributed by atoms with Gasteiger partial charge in [0.1, 0.15) is 0 Å². The van der Waals surface area contributed by atoms with Crippen molar-refractivity contribution in [2.75, 3.05) is 17.3 Å². The lowest BCUT2D eigenvalue weighted by Gasteiger charge is -2.28. The van der Waals surface area contributed by atoms with Crippen molar-refractivity contribution in [1.29, 1.82) is 0 Å².